The van der Waals surface area contributed by atoms with Crippen LogP contribution in [0.4, 0.5) is 5.82 Å². The van der Waals surface area contributed by atoms with E-state index in [-0.39, 0.29) is 11.5 Å². The largest absolute Gasteiger partial charge is 0.304 e. The van der Waals surface area contributed by atoms with Crippen LogP contribution in [0.3, 0.4) is 0 Å². The molecule has 0 spiro atoms. The number of aromatic nitrogens is 4. The van der Waals surface area contributed by atoms with Crippen LogP contribution >= 0.6 is 0 Å². The molecule has 1 amide bonds. The third kappa shape index (κ3) is 2.47. The molecule has 1 saturated carbocycles. The van der Waals surface area contributed by atoms with Crippen molar-refractivity contribution in [1.29, 1.82) is 0 Å². The fourth-order valence-corrected chi connectivity index (χ4v) is 2.10. The third-order valence-electron chi connectivity index (χ3n) is 3.26. The maximum Gasteiger partial charge on any atom is 0.277 e. The lowest BCUT2D eigenvalue weighted by molar-refractivity contribution is 0.102. The van der Waals surface area contributed by atoms with E-state index in [1.165, 1.54) is 12.1 Å². The van der Waals surface area contributed by atoms with Crippen LogP contribution in [0.15, 0.2) is 23.0 Å². The zero-order chi connectivity index (χ0) is 14.1. The lowest BCUT2D eigenvalue weighted by Crippen LogP contribution is -2.16. The Balaban J connectivity index is 1.79. The highest BCUT2D eigenvalue weighted by atomic mass is 16.2. The Morgan fingerprint density at radius 2 is 2.30 bits per heavy atom. The summed E-state index contributed by atoms with van der Waals surface area (Å²) in [7, 11) is 0. The van der Waals surface area contributed by atoms with Crippen LogP contribution in [-0.4, -0.2) is 25.9 Å². The van der Waals surface area contributed by atoms with E-state index in [4.69, 9.17) is 0 Å². The molecule has 2 aromatic heterocycles. The van der Waals surface area contributed by atoms with Gasteiger partial charge in [-0.25, -0.2) is 5.10 Å². The van der Waals surface area contributed by atoms with Gasteiger partial charge < -0.3 is 5.32 Å². The highest BCUT2D eigenvalue weighted by Gasteiger charge is 2.28. The van der Waals surface area contributed by atoms with Crippen molar-refractivity contribution in [3.63, 3.8) is 0 Å². The number of nitrogens with one attached hydrogen (secondary N) is 2. The minimum Gasteiger partial charge on any atom is -0.304 e. The fourth-order valence-electron chi connectivity index (χ4n) is 2.10. The van der Waals surface area contributed by atoms with Crippen molar-refractivity contribution in [2.75, 3.05) is 5.32 Å². The van der Waals surface area contributed by atoms with E-state index >= 15 is 0 Å². The number of amides is 1. The molecule has 2 heterocycles. The molecule has 7 heteroatoms. The summed E-state index contributed by atoms with van der Waals surface area (Å²) in [4.78, 5) is 23.0. The Hall–Kier alpha value is -2.44. The first-order valence-electron chi connectivity index (χ1n) is 6.62. The average Bonchev–Trinajstić information content (AvgIpc) is 3.20. The molecule has 0 bridgehead atoms. The summed E-state index contributed by atoms with van der Waals surface area (Å²) in [6.07, 6.45) is 2.32. The van der Waals surface area contributed by atoms with Gasteiger partial charge in [-0.05, 0) is 31.9 Å². The van der Waals surface area contributed by atoms with Gasteiger partial charge in [0.05, 0.1) is 0 Å². The predicted octanol–water partition coefficient (Wildman–Crippen LogP) is 1.12. The van der Waals surface area contributed by atoms with Gasteiger partial charge in [0.1, 0.15) is 0 Å². The van der Waals surface area contributed by atoms with Crippen LogP contribution in [0.5, 0.6) is 0 Å². The Bertz CT molecular complexity index is 679. The van der Waals surface area contributed by atoms with Gasteiger partial charge in [0.15, 0.2) is 11.5 Å². The monoisotopic (exact) mass is 273 g/mol. The van der Waals surface area contributed by atoms with Crippen molar-refractivity contribution in [2.45, 2.75) is 32.2 Å². The van der Waals surface area contributed by atoms with E-state index in [1.54, 1.807) is 0 Å². The minimum absolute atomic E-state index is 0.300. The SMILES string of the molecule is CCn1nc(C(=O)Nc2ccc(=O)[nH]n2)cc1C1CC1. The predicted molar refractivity (Wildman–Crippen MR) is 72.7 cm³/mol. The number of hydrogen-bond acceptors (Lipinski definition) is 4. The first kappa shape index (κ1) is 12.6. The molecule has 0 aromatic carbocycles. The molecule has 0 unspecified atom stereocenters. The first-order chi connectivity index (χ1) is 9.67. The second-order valence-corrected chi connectivity index (χ2v) is 4.81. The molecule has 104 valence electrons. The van der Waals surface area contributed by atoms with Crippen LogP contribution in [0.25, 0.3) is 0 Å². The minimum atomic E-state index is -0.321. The van der Waals surface area contributed by atoms with Crippen molar-refractivity contribution in [2.24, 2.45) is 0 Å². The highest BCUT2D eigenvalue weighted by Crippen LogP contribution is 2.40. The molecule has 7 nitrogen and oxygen atoms in total. The molecule has 1 aliphatic carbocycles. The number of aryl methyl sites for hydroxylation is 1. The number of carbonyl (C=O) groups excluding carboxylic acids is 1. The van der Waals surface area contributed by atoms with Gasteiger partial charge in [0.2, 0.25) is 0 Å². The number of rotatable bonds is 4. The normalized spacial score (nSPS) is 14.2. The lowest BCUT2D eigenvalue weighted by atomic mass is 10.2. The standard InChI is InChI=1S/C13H15N5O2/c1-2-18-10(8-3-4-8)7-9(17-18)13(20)14-11-5-6-12(19)16-15-11/h5-8H,2-4H2,1H3,(H,16,19)(H,14,15,20). The number of H-pyrrole nitrogens is 1. The van der Waals surface area contributed by atoms with Crippen molar-refractivity contribution in [1.82, 2.24) is 20.0 Å². The van der Waals surface area contributed by atoms with Crippen molar-refractivity contribution in [3.8, 4) is 0 Å². The molecule has 0 saturated heterocycles. The van der Waals surface area contributed by atoms with Crippen LogP contribution in [0.1, 0.15) is 41.9 Å². The van der Waals surface area contributed by atoms with Gasteiger partial charge >= 0.3 is 0 Å². The Labute approximate surface area is 115 Å². The number of aromatic amines is 1. The van der Waals surface area contributed by atoms with Gasteiger partial charge in [-0.2, -0.15) is 10.2 Å². The van der Waals surface area contributed by atoms with Gasteiger partial charge in [-0.1, -0.05) is 0 Å². The summed E-state index contributed by atoms with van der Waals surface area (Å²) in [6, 6.07) is 4.60. The topological polar surface area (TPSA) is 92.7 Å². The van der Waals surface area contributed by atoms with E-state index < -0.39 is 0 Å². The molecule has 1 aliphatic rings. The molecule has 20 heavy (non-hydrogen) atoms. The van der Waals surface area contributed by atoms with Crippen molar-refractivity contribution < 1.29 is 4.79 Å². The average molecular weight is 273 g/mol. The smallest absolute Gasteiger partial charge is 0.277 e. The number of hydrogen-bond donors (Lipinski definition) is 2. The molecule has 0 atom stereocenters. The molecular formula is C13H15N5O2. The number of anilines is 1. The summed E-state index contributed by atoms with van der Waals surface area (Å²) in [5, 5.41) is 12.9. The number of carbonyl (C=O) groups is 1. The van der Waals surface area contributed by atoms with Gasteiger partial charge in [0, 0.05) is 24.2 Å². The Morgan fingerprint density at radius 3 is 2.90 bits per heavy atom. The van der Waals surface area contributed by atoms with Gasteiger partial charge in [-0.15, -0.1) is 0 Å². The maximum absolute atomic E-state index is 12.1. The summed E-state index contributed by atoms with van der Waals surface area (Å²) in [5.41, 5.74) is 1.18. The van der Waals surface area contributed by atoms with E-state index in [0.29, 0.717) is 17.4 Å². The highest BCUT2D eigenvalue weighted by molar-refractivity contribution is 6.02. The summed E-state index contributed by atoms with van der Waals surface area (Å²) in [6.45, 7) is 2.75. The zero-order valence-corrected chi connectivity index (χ0v) is 11.1. The molecular weight excluding hydrogens is 258 g/mol. The fraction of sp³-hybridized carbons (Fsp3) is 0.385. The quantitative estimate of drug-likeness (QED) is 0.873. The third-order valence-corrected chi connectivity index (χ3v) is 3.26. The van der Waals surface area contributed by atoms with E-state index in [1.807, 2.05) is 17.7 Å². The molecule has 2 aromatic rings. The van der Waals surface area contributed by atoms with Crippen LogP contribution < -0.4 is 10.9 Å². The summed E-state index contributed by atoms with van der Waals surface area (Å²) in [5.74, 6) is 0.516. The van der Waals surface area contributed by atoms with E-state index in [9.17, 15) is 9.59 Å². The number of nitrogens with zero attached hydrogens (tertiary/aromatic N) is 3. The molecule has 2 N–H and O–H groups in total. The molecule has 0 radical (unpaired) electrons. The second-order valence-electron chi connectivity index (χ2n) is 4.81. The van der Waals surface area contributed by atoms with Crippen LogP contribution in [-0.2, 0) is 6.54 Å². The Kier molecular flexibility index (Phi) is 3.09. The molecule has 1 fully saturated rings. The lowest BCUT2D eigenvalue weighted by Gasteiger charge is -2.01. The summed E-state index contributed by atoms with van der Waals surface area (Å²) >= 11 is 0. The Morgan fingerprint density at radius 1 is 1.50 bits per heavy atom. The van der Waals surface area contributed by atoms with E-state index in [2.05, 4.69) is 20.6 Å². The van der Waals surface area contributed by atoms with Gasteiger partial charge in [0.25, 0.3) is 11.5 Å². The molecule has 0 aliphatic heterocycles. The molecule has 3 rings (SSSR count). The second kappa shape index (κ2) is 4.92. The van der Waals surface area contributed by atoms with Gasteiger partial charge in [-0.3, -0.25) is 14.3 Å². The van der Waals surface area contributed by atoms with Crippen molar-refractivity contribution >= 4 is 11.7 Å². The van der Waals surface area contributed by atoms with E-state index in [0.717, 1.165) is 25.1 Å². The van der Waals surface area contributed by atoms with Crippen LogP contribution in [0.2, 0.25) is 0 Å². The maximum atomic E-state index is 12.1. The zero-order valence-electron chi connectivity index (χ0n) is 11.1. The van der Waals surface area contributed by atoms with Crippen LogP contribution in [0, 0.1) is 0 Å². The van der Waals surface area contributed by atoms with Crippen molar-refractivity contribution in [3.05, 3.63) is 39.9 Å². The first-order valence-corrected chi connectivity index (χ1v) is 6.62. The summed E-state index contributed by atoms with van der Waals surface area (Å²) < 4.78 is 1.87.